The maximum atomic E-state index is 5.45. The highest BCUT2D eigenvalue weighted by Crippen LogP contribution is 2.21. The number of nitrogens with two attached hydrogens (primary N) is 1. The first-order valence-electron chi connectivity index (χ1n) is 6.37. The zero-order valence-electron chi connectivity index (χ0n) is 11.1. The molecule has 0 saturated carbocycles. The van der Waals surface area contributed by atoms with Crippen molar-refractivity contribution < 1.29 is 0 Å². The number of hydrogen-bond acceptors (Lipinski definition) is 3. The van der Waals surface area contributed by atoms with Gasteiger partial charge in [-0.05, 0) is 36.5 Å². The van der Waals surface area contributed by atoms with E-state index in [1.54, 1.807) is 10.9 Å². The van der Waals surface area contributed by atoms with Crippen LogP contribution in [0.5, 0.6) is 0 Å². The van der Waals surface area contributed by atoms with Gasteiger partial charge in [-0.3, -0.25) is 0 Å². The summed E-state index contributed by atoms with van der Waals surface area (Å²) < 4.78 is 1.79. The van der Waals surface area contributed by atoms with E-state index in [9.17, 15) is 0 Å². The highest BCUT2D eigenvalue weighted by Gasteiger charge is 2.08. The van der Waals surface area contributed by atoms with E-state index < -0.39 is 0 Å². The number of benzene rings is 2. The third kappa shape index (κ3) is 2.90. The summed E-state index contributed by atoms with van der Waals surface area (Å²) in [5, 5.41) is 11.3. The maximum absolute atomic E-state index is 5.45. The zero-order valence-corrected chi connectivity index (χ0v) is 11.9. The Morgan fingerprint density at radius 2 is 1.76 bits per heavy atom. The smallest absolute Gasteiger partial charge is 0.168 e. The molecule has 6 heteroatoms. The summed E-state index contributed by atoms with van der Waals surface area (Å²) in [5.74, 6) is 0. The van der Waals surface area contributed by atoms with Crippen LogP contribution < -0.4 is 11.1 Å². The molecule has 1 aromatic heterocycles. The van der Waals surface area contributed by atoms with Gasteiger partial charge in [0.05, 0.1) is 17.6 Å². The Morgan fingerprint density at radius 3 is 2.43 bits per heavy atom. The molecule has 1 heterocycles. The van der Waals surface area contributed by atoms with Crippen LogP contribution in [-0.2, 0) is 0 Å². The van der Waals surface area contributed by atoms with E-state index >= 15 is 0 Å². The Hall–Kier alpha value is -2.73. The Bertz CT molecular complexity index is 749. The van der Waals surface area contributed by atoms with Crippen molar-refractivity contribution in [3.8, 4) is 16.9 Å². The number of nitrogens with zero attached hydrogens (tertiary/aromatic N) is 3. The third-order valence-corrected chi connectivity index (χ3v) is 3.10. The summed E-state index contributed by atoms with van der Waals surface area (Å²) >= 11 is 4.81. The zero-order chi connectivity index (χ0) is 14.7. The van der Waals surface area contributed by atoms with Crippen LogP contribution in [0.15, 0.2) is 60.8 Å². The average Bonchev–Trinajstić information content (AvgIpc) is 2.98. The van der Waals surface area contributed by atoms with Crippen molar-refractivity contribution in [1.82, 2.24) is 15.0 Å². The predicted octanol–water partition coefficient (Wildman–Crippen LogP) is 2.59. The highest BCUT2D eigenvalue weighted by molar-refractivity contribution is 7.80. The molecule has 5 nitrogen and oxygen atoms in total. The minimum absolute atomic E-state index is 0.244. The van der Waals surface area contributed by atoms with Gasteiger partial charge in [-0.25, -0.2) is 4.68 Å². The Morgan fingerprint density at radius 1 is 1.05 bits per heavy atom. The van der Waals surface area contributed by atoms with E-state index in [4.69, 9.17) is 18.0 Å². The van der Waals surface area contributed by atoms with Gasteiger partial charge in [0.2, 0.25) is 0 Å². The van der Waals surface area contributed by atoms with E-state index in [2.05, 4.69) is 15.6 Å². The van der Waals surface area contributed by atoms with Gasteiger partial charge in [-0.2, -0.15) is 0 Å². The van der Waals surface area contributed by atoms with Crippen LogP contribution in [-0.4, -0.2) is 20.1 Å². The SMILES string of the molecule is NC(=S)Nc1ccc(-n2nncc2-c2ccccc2)cc1. The van der Waals surface area contributed by atoms with E-state index in [1.807, 2.05) is 54.6 Å². The monoisotopic (exact) mass is 295 g/mol. The summed E-state index contributed by atoms with van der Waals surface area (Å²) in [7, 11) is 0. The number of rotatable bonds is 3. The van der Waals surface area contributed by atoms with Crippen molar-refractivity contribution in [3.63, 3.8) is 0 Å². The molecule has 0 aliphatic rings. The largest absolute Gasteiger partial charge is 0.376 e. The molecule has 0 unspecified atom stereocenters. The van der Waals surface area contributed by atoms with Gasteiger partial charge in [-0.1, -0.05) is 35.5 Å². The van der Waals surface area contributed by atoms with Gasteiger partial charge in [0.15, 0.2) is 5.11 Å². The number of nitrogens with one attached hydrogen (secondary N) is 1. The third-order valence-electron chi connectivity index (χ3n) is 3.00. The fraction of sp³-hybridized carbons (Fsp3) is 0. The second-order valence-electron chi connectivity index (χ2n) is 4.43. The first-order valence-corrected chi connectivity index (χ1v) is 6.78. The molecule has 0 saturated heterocycles. The molecule has 0 aliphatic carbocycles. The van der Waals surface area contributed by atoms with Crippen molar-refractivity contribution >= 4 is 23.0 Å². The van der Waals surface area contributed by atoms with Gasteiger partial charge in [0.1, 0.15) is 0 Å². The lowest BCUT2D eigenvalue weighted by atomic mass is 10.1. The van der Waals surface area contributed by atoms with Gasteiger partial charge in [0, 0.05) is 11.3 Å². The van der Waals surface area contributed by atoms with Crippen LogP contribution >= 0.6 is 12.2 Å². The number of hydrogen-bond donors (Lipinski definition) is 2. The van der Waals surface area contributed by atoms with Crippen LogP contribution in [0.4, 0.5) is 5.69 Å². The highest BCUT2D eigenvalue weighted by atomic mass is 32.1. The minimum Gasteiger partial charge on any atom is -0.376 e. The summed E-state index contributed by atoms with van der Waals surface area (Å²) in [5.41, 5.74) is 9.21. The molecule has 0 radical (unpaired) electrons. The van der Waals surface area contributed by atoms with Gasteiger partial charge >= 0.3 is 0 Å². The van der Waals surface area contributed by atoms with Crippen molar-refractivity contribution in [2.24, 2.45) is 5.73 Å². The van der Waals surface area contributed by atoms with Crippen LogP contribution in [0.25, 0.3) is 16.9 Å². The normalized spacial score (nSPS) is 10.3. The predicted molar refractivity (Wildman–Crippen MR) is 87.2 cm³/mol. The Balaban J connectivity index is 1.95. The summed E-state index contributed by atoms with van der Waals surface area (Å²) in [6.45, 7) is 0. The molecule has 21 heavy (non-hydrogen) atoms. The Labute approximate surface area is 127 Å². The van der Waals surface area contributed by atoms with Crippen LogP contribution in [0.1, 0.15) is 0 Å². The van der Waals surface area contributed by atoms with Crippen molar-refractivity contribution in [3.05, 3.63) is 60.8 Å². The van der Waals surface area contributed by atoms with Crippen molar-refractivity contribution in [2.45, 2.75) is 0 Å². The average molecular weight is 295 g/mol. The summed E-state index contributed by atoms with van der Waals surface area (Å²) in [6, 6.07) is 17.7. The van der Waals surface area contributed by atoms with Crippen LogP contribution in [0.3, 0.4) is 0 Å². The van der Waals surface area contributed by atoms with Crippen LogP contribution in [0.2, 0.25) is 0 Å². The molecule has 0 spiro atoms. The second kappa shape index (κ2) is 5.72. The number of thiocarbonyl (C=S) groups is 1. The van der Waals surface area contributed by atoms with Crippen molar-refractivity contribution in [2.75, 3.05) is 5.32 Å². The minimum atomic E-state index is 0.244. The lowest BCUT2D eigenvalue weighted by Gasteiger charge is -2.08. The number of aromatic nitrogens is 3. The Kier molecular flexibility index (Phi) is 3.61. The lowest BCUT2D eigenvalue weighted by Crippen LogP contribution is -2.18. The second-order valence-corrected chi connectivity index (χ2v) is 4.87. The van der Waals surface area contributed by atoms with Gasteiger partial charge < -0.3 is 11.1 Å². The topological polar surface area (TPSA) is 68.8 Å². The molecular weight excluding hydrogens is 282 g/mol. The molecule has 2 aromatic carbocycles. The van der Waals surface area contributed by atoms with E-state index in [1.165, 1.54) is 0 Å². The summed E-state index contributed by atoms with van der Waals surface area (Å²) in [6.07, 6.45) is 1.75. The molecule has 0 atom stereocenters. The fourth-order valence-electron chi connectivity index (χ4n) is 2.06. The standard InChI is InChI=1S/C15H13N5S/c16-15(21)18-12-6-8-13(9-7-12)20-14(10-17-19-20)11-4-2-1-3-5-11/h1-10H,(H3,16,18,21). The van der Waals surface area contributed by atoms with E-state index in [0.717, 1.165) is 22.6 Å². The first-order chi connectivity index (χ1) is 10.2. The molecule has 3 aromatic rings. The molecule has 104 valence electrons. The number of anilines is 1. The quantitative estimate of drug-likeness (QED) is 0.727. The molecular formula is C15H13N5S. The lowest BCUT2D eigenvalue weighted by molar-refractivity contribution is 0.808. The molecule has 0 amide bonds. The fourth-order valence-corrected chi connectivity index (χ4v) is 2.18. The molecule has 0 bridgehead atoms. The maximum Gasteiger partial charge on any atom is 0.168 e. The molecule has 3 rings (SSSR count). The summed E-state index contributed by atoms with van der Waals surface area (Å²) in [4.78, 5) is 0. The van der Waals surface area contributed by atoms with Gasteiger partial charge in [0.25, 0.3) is 0 Å². The van der Waals surface area contributed by atoms with Gasteiger partial charge in [-0.15, -0.1) is 5.10 Å². The first kappa shape index (κ1) is 13.3. The van der Waals surface area contributed by atoms with Crippen molar-refractivity contribution in [1.29, 1.82) is 0 Å². The van der Waals surface area contributed by atoms with E-state index in [-0.39, 0.29) is 5.11 Å². The molecule has 0 aliphatic heterocycles. The van der Waals surface area contributed by atoms with E-state index in [0.29, 0.717) is 0 Å². The molecule has 0 fully saturated rings. The molecule has 3 N–H and O–H groups in total. The van der Waals surface area contributed by atoms with Crippen LogP contribution in [0, 0.1) is 0 Å².